The number of aromatic nitrogens is 1. The zero-order valence-corrected chi connectivity index (χ0v) is 20.1. The molecule has 1 amide bonds. The number of carbonyl (C=O) groups excluding carboxylic acids is 1. The van der Waals surface area contributed by atoms with E-state index in [1.165, 1.54) is 17.4 Å². The minimum atomic E-state index is -3.76. The third-order valence-corrected chi connectivity index (χ3v) is 7.26. The van der Waals surface area contributed by atoms with Crippen molar-refractivity contribution in [1.29, 1.82) is 0 Å². The summed E-state index contributed by atoms with van der Waals surface area (Å²) < 4.78 is 28.7. The lowest BCUT2D eigenvalue weighted by Gasteiger charge is -2.10. The molecule has 4 aromatic rings. The van der Waals surface area contributed by atoms with E-state index in [0.29, 0.717) is 16.4 Å². The first kappa shape index (κ1) is 22.2. The van der Waals surface area contributed by atoms with Gasteiger partial charge in [-0.05, 0) is 49.4 Å². The van der Waals surface area contributed by atoms with E-state index in [0.717, 1.165) is 21.3 Å². The van der Waals surface area contributed by atoms with Crippen LogP contribution in [-0.2, 0) is 10.0 Å². The molecule has 1 heterocycles. The Morgan fingerprint density at radius 2 is 1.72 bits per heavy atom. The largest absolute Gasteiger partial charge is 0.298 e. The molecule has 2 N–H and O–H groups in total. The number of rotatable bonds is 6. The summed E-state index contributed by atoms with van der Waals surface area (Å²) in [5, 5.41) is 5.09. The fraction of sp³-hybridized carbons (Fsp3) is 0.0435. The van der Waals surface area contributed by atoms with Crippen LogP contribution in [0.1, 0.15) is 15.9 Å². The van der Waals surface area contributed by atoms with Crippen LogP contribution in [0.4, 0.5) is 10.8 Å². The number of amides is 1. The first-order valence-electron chi connectivity index (χ1n) is 9.52. The van der Waals surface area contributed by atoms with Crippen LogP contribution in [-0.4, -0.2) is 19.3 Å². The molecule has 0 fully saturated rings. The van der Waals surface area contributed by atoms with Gasteiger partial charge in [0.05, 0.1) is 10.6 Å². The smallest absolute Gasteiger partial charge is 0.261 e. The molecule has 0 saturated heterocycles. The van der Waals surface area contributed by atoms with Crippen molar-refractivity contribution in [1.82, 2.24) is 4.98 Å². The number of anilines is 2. The second-order valence-corrected chi connectivity index (χ2v) is 10.5. The predicted molar refractivity (Wildman–Crippen MR) is 132 cm³/mol. The molecule has 4 rings (SSSR count). The second-order valence-electron chi connectivity index (χ2n) is 7.00. The summed E-state index contributed by atoms with van der Waals surface area (Å²) in [4.78, 5) is 17.3. The first-order chi connectivity index (χ1) is 15.3. The van der Waals surface area contributed by atoms with Gasteiger partial charge < -0.3 is 0 Å². The number of thiazole rings is 1. The molecule has 1 aromatic heterocycles. The molecular weight excluding hydrogens is 510 g/mol. The number of nitrogens with one attached hydrogen (secondary N) is 2. The Kier molecular flexibility index (Phi) is 6.40. The van der Waals surface area contributed by atoms with Gasteiger partial charge in [0.1, 0.15) is 0 Å². The van der Waals surface area contributed by atoms with Crippen molar-refractivity contribution >= 4 is 54.0 Å². The second kappa shape index (κ2) is 9.23. The molecule has 0 unspecified atom stereocenters. The lowest BCUT2D eigenvalue weighted by Crippen LogP contribution is -2.15. The molecular formula is C23H18BrN3O3S2. The maximum Gasteiger partial charge on any atom is 0.261 e. The van der Waals surface area contributed by atoms with Gasteiger partial charge in [-0.2, -0.15) is 0 Å². The van der Waals surface area contributed by atoms with E-state index in [9.17, 15) is 13.2 Å². The fourth-order valence-electron chi connectivity index (χ4n) is 2.91. The van der Waals surface area contributed by atoms with E-state index in [1.807, 2.05) is 36.6 Å². The molecule has 0 aliphatic carbocycles. The van der Waals surface area contributed by atoms with E-state index < -0.39 is 10.0 Å². The van der Waals surface area contributed by atoms with Gasteiger partial charge in [0.2, 0.25) is 0 Å². The molecule has 32 heavy (non-hydrogen) atoms. The lowest BCUT2D eigenvalue weighted by molar-refractivity contribution is 0.102. The van der Waals surface area contributed by atoms with Crippen LogP contribution in [0.2, 0.25) is 0 Å². The minimum Gasteiger partial charge on any atom is -0.298 e. The normalized spacial score (nSPS) is 11.2. The number of aryl methyl sites for hydroxylation is 1. The Morgan fingerprint density at radius 1 is 1.00 bits per heavy atom. The molecule has 9 heteroatoms. The lowest BCUT2D eigenvalue weighted by atomic mass is 10.2. The molecule has 0 saturated carbocycles. The maximum atomic E-state index is 12.7. The SMILES string of the molecule is Cc1ccc(S(=O)(=O)Nc2cccc(C(=O)Nc3nc(-c4ccc(Br)cc4)cs3)c2)cc1. The highest BCUT2D eigenvalue weighted by Crippen LogP contribution is 2.26. The number of hydrogen-bond acceptors (Lipinski definition) is 5. The van der Waals surface area contributed by atoms with Crippen molar-refractivity contribution in [2.24, 2.45) is 0 Å². The summed E-state index contributed by atoms with van der Waals surface area (Å²) in [6.45, 7) is 1.89. The van der Waals surface area contributed by atoms with E-state index in [1.54, 1.807) is 42.5 Å². The van der Waals surface area contributed by atoms with Crippen LogP contribution in [0.3, 0.4) is 0 Å². The van der Waals surface area contributed by atoms with Crippen molar-refractivity contribution in [3.63, 3.8) is 0 Å². The van der Waals surface area contributed by atoms with E-state index in [4.69, 9.17) is 0 Å². The highest BCUT2D eigenvalue weighted by atomic mass is 79.9. The van der Waals surface area contributed by atoms with Gasteiger partial charge in [0.25, 0.3) is 15.9 Å². The standard InChI is InChI=1S/C23H18BrN3O3S2/c1-15-5-11-20(12-6-15)32(29,30)27-19-4-2-3-17(13-19)22(28)26-23-25-21(14-31-23)16-7-9-18(24)10-8-16/h2-14,27H,1H3,(H,25,26,28). The number of hydrogen-bond donors (Lipinski definition) is 2. The average Bonchev–Trinajstić information content (AvgIpc) is 3.23. The van der Waals surface area contributed by atoms with Gasteiger partial charge in [-0.25, -0.2) is 13.4 Å². The van der Waals surface area contributed by atoms with Gasteiger partial charge in [-0.1, -0.05) is 51.8 Å². The quantitative estimate of drug-likeness (QED) is 0.325. The number of nitrogens with zero attached hydrogens (tertiary/aromatic N) is 1. The van der Waals surface area contributed by atoms with Crippen molar-refractivity contribution in [2.45, 2.75) is 11.8 Å². The Morgan fingerprint density at radius 3 is 2.44 bits per heavy atom. The molecule has 0 aliphatic heterocycles. The molecule has 3 aromatic carbocycles. The zero-order valence-electron chi connectivity index (χ0n) is 16.9. The monoisotopic (exact) mass is 527 g/mol. The Bertz CT molecular complexity index is 1370. The van der Waals surface area contributed by atoms with E-state index >= 15 is 0 Å². The van der Waals surface area contributed by atoms with E-state index in [2.05, 4.69) is 31.0 Å². The summed E-state index contributed by atoms with van der Waals surface area (Å²) in [6, 6.07) is 20.6. The van der Waals surface area contributed by atoms with Gasteiger partial charge in [-0.3, -0.25) is 14.8 Å². The topological polar surface area (TPSA) is 88.2 Å². The Hall–Kier alpha value is -3.01. The molecule has 0 atom stereocenters. The van der Waals surface area contributed by atoms with Crippen molar-refractivity contribution < 1.29 is 13.2 Å². The number of benzene rings is 3. The van der Waals surface area contributed by atoms with Gasteiger partial charge >= 0.3 is 0 Å². The van der Waals surface area contributed by atoms with Crippen LogP contribution in [0.5, 0.6) is 0 Å². The van der Waals surface area contributed by atoms with Crippen molar-refractivity contribution in [3.05, 3.63) is 93.8 Å². The predicted octanol–water partition coefficient (Wildman–Crippen LogP) is 5.93. The zero-order chi connectivity index (χ0) is 22.7. The van der Waals surface area contributed by atoms with Crippen LogP contribution in [0.25, 0.3) is 11.3 Å². The molecule has 162 valence electrons. The summed E-state index contributed by atoms with van der Waals surface area (Å²) in [6.07, 6.45) is 0. The highest BCUT2D eigenvalue weighted by Gasteiger charge is 2.16. The van der Waals surface area contributed by atoms with Crippen LogP contribution in [0, 0.1) is 6.92 Å². The van der Waals surface area contributed by atoms with E-state index in [-0.39, 0.29) is 10.8 Å². The van der Waals surface area contributed by atoms with Gasteiger partial charge in [-0.15, -0.1) is 11.3 Å². The maximum absolute atomic E-state index is 12.7. The average molecular weight is 528 g/mol. The summed E-state index contributed by atoms with van der Waals surface area (Å²) in [5.74, 6) is -0.377. The first-order valence-corrected chi connectivity index (χ1v) is 12.7. The third kappa shape index (κ3) is 5.24. The summed E-state index contributed by atoms with van der Waals surface area (Å²) in [7, 11) is -3.76. The van der Waals surface area contributed by atoms with Crippen LogP contribution < -0.4 is 10.0 Å². The number of sulfonamides is 1. The summed E-state index contributed by atoms with van der Waals surface area (Å²) >= 11 is 4.72. The van der Waals surface area contributed by atoms with Crippen LogP contribution >= 0.6 is 27.3 Å². The number of halogens is 1. The molecule has 0 radical (unpaired) electrons. The third-order valence-electron chi connectivity index (χ3n) is 4.57. The Balaban J connectivity index is 1.48. The van der Waals surface area contributed by atoms with Crippen molar-refractivity contribution in [2.75, 3.05) is 10.0 Å². The summed E-state index contributed by atoms with van der Waals surface area (Å²) in [5.41, 5.74) is 3.28. The molecule has 0 spiro atoms. The fourth-order valence-corrected chi connectivity index (χ4v) is 4.94. The molecule has 0 bridgehead atoms. The highest BCUT2D eigenvalue weighted by molar-refractivity contribution is 9.10. The van der Waals surface area contributed by atoms with Gasteiger partial charge in [0, 0.05) is 26.7 Å². The van der Waals surface area contributed by atoms with Crippen molar-refractivity contribution in [3.8, 4) is 11.3 Å². The molecule has 0 aliphatic rings. The van der Waals surface area contributed by atoms with Gasteiger partial charge in [0.15, 0.2) is 5.13 Å². The Labute approximate surface area is 198 Å². The minimum absolute atomic E-state index is 0.154. The van der Waals surface area contributed by atoms with Crippen LogP contribution in [0.15, 0.2) is 87.5 Å². The molecule has 6 nitrogen and oxygen atoms in total. The number of carbonyl (C=O) groups is 1.